The van der Waals surface area contributed by atoms with Gasteiger partial charge in [0, 0.05) is 32.2 Å². The molecule has 1 aromatic heterocycles. The maximum Gasteiger partial charge on any atom is 0.134 e. The van der Waals surface area contributed by atoms with Crippen molar-refractivity contribution in [3.63, 3.8) is 0 Å². The smallest absolute Gasteiger partial charge is 0.134 e. The van der Waals surface area contributed by atoms with Crippen LogP contribution in [-0.4, -0.2) is 36.8 Å². The Hall–Kier alpha value is -1.36. The van der Waals surface area contributed by atoms with E-state index in [2.05, 4.69) is 34.4 Å². The van der Waals surface area contributed by atoms with Crippen LogP contribution in [0.25, 0.3) is 0 Å². The zero-order valence-electron chi connectivity index (χ0n) is 12.5. The molecular weight excluding hydrogens is 240 g/mol. The highest BCUT2D eigenvalue weighted by atomic mass is 16.5. The monoisotopic (exact) mass is 266 g/mol. The van der Waals surface area contributed by atoms with Crippen molar-refractivity contribution in [3.05, 3.63) is 11.4 Å². The Morgan fingerprint density at radius 3 is 2.47 bits per heavy atom. The molecule has 2 N–H and O–H groups in total. The van der Waals surface area contributed by atoms with Crippen LogP contribution in [-0.2, 0) is 11.2 Å². The second-order valence-corrected chi connectivity index (χ2v) is 4.46. The predicted molar refractivity (Wildman–Crippen MR) is 79.9 cm³/mol. The Labute approximate surface area is 116 Å². The van der Waals surface area contributed by atoms with Crippen molar-refractivity contribution in [3.8, 4) is 0 Å². The fourth-order valence-electron chi connectivity index (χ4n) is 1.73. The molecule has 1 rings (SSSR count). The van der Waals surface area contributed by atoms with Gasteiger partial charge in [-0.15, -0.1) is 0 Å². The third-order valence-electron chi connectivity index (χ3n) is 2.93. The molecule has 0 saturated heterocycles. The minimum atomic E-state index is 0.708. The number of rotatable bonds is 9. The average molecular weight is 266 g/mol. The van der Waals surface area contributed by atoms with Crippen LogP contribution in [0, 0.1) is 6.92 Å². The summed E-state index contributed by atoms with van der Waals surface area (Å²) < 4.78 is 5.53. The number of ether oxygens (including phenoxy) is 1. The number of anilines is 2. The second kappa shape index (κ2) is 8.69. The number of aromatic nitrogens is 2. The lowest BCUT2D eigenvalue weighted by atomic mass is 10.3. The van der Waals surface area contributed by atoms with Gasteiger partial charge in [-0.1, -0.05) is 20.3 Å². The zero-order chi connectivity index (χ0) is 14.1. The van der Waals surface area contributed by atoms with Gasteiger partial charge in [-0.25, -0.2) is 9.97 Å². The van der Waals surface area contributed by atoms with Gasteiger partial charge < -0.3 is 15.4 Å². The molecule has 0 unspecified atom stereocenters. The lowest BCUT2D eigenvalue weighted by molar-refractivity contribution is 0.141. The lowest BCUT2D eigenvalue weighted by Crippen LogP contribution is -2.14. The number of nitrogens with zero attached hydrogens (tertiary/aromatic N) is 2. The van der Waals surface area contributed by atoms with Gasteiger partial charge >= 0.3 is 0 Å². The summed E-state index contributed by atoms with van der Waals surface area (Å²) in [5.41, 5.74) is 1.05. The molecule has 108 valence electrons. The van der Waals surface area contributed by atoms with Crippen LogP contribution in [0.5, 0.6) is 0 Å². The first kappa shape index (κ1) is 15.7. The maximum absolute atomic E-state index is 5.53. The van der Waals surface area contributed by atoms with Crippen molar-refractivity contribution in [2.75, 3.05) is 37.4 Å². The molecule has 0 aliphatic rings. The molecule has 0 aromatic carbocycles. The van der Waals surface area contributed by atoms with Crippen LogP contribution < -0.4 is 10.6 Å². The van der Waals surface area contributed by atoms with Crippen LogP contribution >= 0.6 is 0 Å². The Bertz CT molecular complexity index is 382. The van der Waals surface area contributed by atoms with E-state index in [-0.39, 0.29) is 0 Å². The van der Waals surface area contributed by atoms with E-state index in [1.807, 2.05) is 14.0 Å². The van der Waals surface area contributed by atoms with Gasteiger partial charge in [-0.2, -0.15) is 0 Å². The first-order chi connectivity index (χ1) is 9.22. The minimum absolute atomic E-state index is 0.708. The van der Waals surface area contributed by atoms with E-state index in [4.69, 9.17) is 4.74 Å². The lowest BCUT2D eigenvalue weighted by Gasteiger charge is -2.13. The van der Waals surface area contributed by atoms with E-state index in [0.29, 0.717) is 6.61 Å². The number of unbranched alkanes of at least 4 members (excludes halogenated alkanes) is 1. The Morgan fingerprint density at radius 1 is 1.11 bits per heavy atom. The summed E-state index contributed by atoms with van der Waals surface area (Å²) in [6.07, 6.45) is 3.12. The zero-order valence-corrected chi connectivity index (χ0v) is 12.5. The predicted octanol–water partition coefficient (Wildman–Crippen LogP) is 2.62. The summed E-state index contributed by atoms with van der Waals surface area (Å²) in [5, 5.41) is 6.43. The van der Waals surface area contributed by atoms with Gasteiger partial charge in [0.1, 0.15) is 17.5 Å². The summed E-state index contributed by atoms with van der Waals surface area (Å²) in [6.45, 7) is 8.56. The summed E-state index contributed by atoms with van der Waals surface area (Å²) in [5.74, 6) is 2.64. The molecule has 5 heteroatoms. The van der Waals surface area contributed by atoms with E-state index in [1.165, 1.54) is 6.42 Å². The summed E-state index contributed by atoms with van der Waals surface area (Å²) in [7, 11) is 1.88. The van der Waals surface area contributed by atoms with Crippen LogP contribution in [0.15, 0.2) is 0 Å². The normalized spacial score (nSPS) is 10.5. The van der Waals surface area contributed by atoms with Crippen molar-refractivity contribution in [2.45, 2.75) is 40.0 Å². The van der Waals surface area contributed by atoms with Crippen LogP contribution in [0.3, 0.4) is 0 Å². The number of aryl methyl sites for hydroxylation is 1. The number of hydrogen-bond acceptors (Lipinski definition) is 5. The van der Waals surface area contributed by atoms with Crippen molar-refractivity contribution in [1.29, 1.82) is 0 Å². The van der Waals surface area contributed by atoms with E-state index < -0.39 is 0 Å². The molecular formula is C14H26N4O. The molecule has 1 aromatic rings. The van der Waals surface area contributed by atoms with Crippen molar-refractivity contribution >= 4 is 11.6 Å². The van der Waals surface area contributed by atoms with E-state index in [1.54, 1.807) is 0 Å². The highest BCUT2D eigenvalue weighted by Crippen LogP contribution is 2.19. The third kappa shape index (κ3) is 5.03. The molecule has 1 heterocycles. The second-order valence-electron chi connectivity index (χ2n) is 4.46. The van der Waals surface area contributed by atoms with Gasteiger partial charge in [-0.3, -0.25) is 0 Å². The van der Waals surface area contributed by atoms with E-state index >= 15 is 0 Å². The highest BCUT2D eigenvalue weighted by Gasteiger charge is 2.08. The molecule has 0 aliphatic carbocycles. The Kier molecular flexibility index (Phi) is 7.18. The summed E-state index contributed by atoms with van der Waals surface area (Å²) in [4.78, 5) is 8.96. The standard InChI is InChI=1S/C14H26N4O/c1-5-7-9-19-10-8-16-14-11(3)13(15-4)17-12(6-2)18-14/h5-10H2,1-4H3,(H2,15,16,17,18). The quantitative estimate of drug-likeness (QED) is 0.673. The topological polar surface area (TPSA) is 59.1 Å². The third-order valence-corrected chi connectivity index (χ3v) is 2.93. The molecule has 0 aliphatic heterocycles. The van der Waals surface area contributed by atoms with Crippen molar-refractivity contribution in [2.24, 2.45) is 0 Å². The Balaban J connectivity index is 2.52. The largest absolute Gasteiger partial charge is 0.380 e. The van der Waals surface area contributed by atoms with E-state index in [0.717, 1.165) is 49.0 Å². The molecule has 0 amide bonds. The molecule has 0 bridgehead atoms. The maximum atomic E-state index is 5.53. The molecule has 0 saturated carbocycles. The molecule has 0 fully saturated rings. The van der Waals surface area contributed by atoms with Gasteiger partial charge in [-0.05, 0) is 13.3 Å². The molecule has 0 atom stereocenters. The van der Waals surface area contributed by atoms with Crippen molar-refractivity contribution in [1.82, 2.24) is 9.97 Å². The van der Waals surface area contributed by atoms with Crippen LogP contribution in [0.1, 0.15) is 38.1 Å². The first-order valence-electron chi connectivity index (χ1n) is 7.09. The molecule has 5 nitrogen and oxygen atoms in total. The first-order valence-corrected chi connectivity index (χ1v) is 7.09. The highest BCUT2D eigenvalue weighted by molar-refractivity contribution is 5.56. The molecule has 19 heavy (non-hydrogen) atoms. The fraction of sp³-hybridized carbons (Fsp3) is 0.714. The van der Waals surface area contributed by atoms with E-state index in [9.17, 15) is 0 Å². The van der Waals surface area contributed by atoms with Gasteiger partial charge in [0.15, 0.2) is 0 Å². The number of nitrogens with one attached hydrogen (secondary N) is 2. The summed E-state index contributed by atoms with van der Waals surface area (Å²) in [6, 6.07) is 0. The number of hydrogen-bond donors (Lipinski definition) is 2. The van der Waals surface area contributed by atoms with Crippen molar-refractivity contribution < 1.29 is 4.74 Å². The van der Waals surface area contributed by atoms with Crippen LogP contribution in [0.2, 0.25) is 0 Å². The van der Waals surface area contributed by atoms with Gasteiger partial charge in [0.05, 0.1) is 6.61 Å². The van der Waals surface area contributed by atoms with Crippen LogP contribution in [0.4, 0.5) is 11.6 Å². The van der Waals surface area contributed by atoms with Gasteiger partial charge in [0.2, 0.25) is 0 Å². The minimum Gasteiger partial charge on any atom is -0.380 e. The molecule has 0 spiro atoms. The van der Waals surface area contributed by atoms with Gasteiger partial charge in [0.25, 0.3) is 0 Å². The fourth-order valence-corrected chi connectivity index (χ4v) is 1.73. The average Bonchev–Trinajstić information content (AvgIpc) is 2.44. The Morgan fingerprint density at radius 2 is 1.84 bits per heavy atom. The summed E-state index contributed by atoms with van der Waals surface area (Å²) >= 11 is 0. The molecule has 0 radical (unpaired) electrons. The SMILES string of the molecule is CCCCOCCNc1nc(CC)nc(NC)c1C.